The van der Waals surface area contributed by atoms with Gasteiger partial charge in [0.25, 0.3) is 0 Å². The number of urea groups is 1. The van der Waals surface area contributed by atoms with Crippen molar-refractivity contribution in [3.63, 3.8) is 0 Å². The van der Waals surface area contributed by atoms with Crippen LogP contribution < -0.4 is 5.32 Å². The summed E-state index contributed by atoms with van der Waals surface area (Å²) in [5.74, 6) is -2.30. The number of aliphatic carboxylic acids is 1. The Hall–Kier alpha value is -2.18. The summed E-state index contributed by atoms with van der Waals surface area (Å²) in [5.41, 5.74) is -1.25. The maximum absolute atomic E-state index is 13.5. The fourth-order valence-electron chi connectivity index (χ4n) is 2.46. The van der Waals surface area contributed by atoms with Gasteiger partial charge in [0.2, 0.25) is 0 Å². The maximum atomic E-state index is 13.5. The summed E-state index contributed by atoms with van der Waals surface area (Å²) in [4.78, 5) is 24.6. The zero-order chi connectivity index (χ0) is 15.6. The third-order valence-corrected chi connectivity index (χ3v) is 3.78. The van der Waals surface area contributed by atoms with Gasteiger partial charge in [-0.1, -0.05) is 0 Å². The van der Waals surface area contributed by atoms with E-state index in [2.05, 4.69) is 5.32 Å². The van der Waals surface area contributed by atoms with Crippen molar-refractivity contribution in [3.8, 4) is 0 Å². The largest absolute Gasteiger partial charge is 0.480 e. The summed E-state index contributed by atoms with van der Waals surface area (Å²) in [6.45, 7) is 1.60. The number of carbonyl (C=O) groups excluding carboxylic acids is 1. The molecule has 5 nitrogen and oxygen atoms in total. The van der Waals surface area contributed by atoms with E-state index in [-0.39, 0.29) is 12.1 Å². The first-order chi connectivity index (χ1) is 9.84. The Labute approximate surface area is 120 Å². The van der Waals surface area contributed by atoms with E-state index in [9.17, 15) is 23.5 Å². The van der Waals surface area contributed by atoms with Crippen molar-refractivity contribution in [2.75, 3.05) is 6.54 Å². The molecule has 0 saturated carbocycles. The van der Waals surface area contributed by atoms with Crippen molar-refractivity contribution in [2.24, 2.45) is 0 Å². The number of hydrogen-bond acceptors (Lipinski definition) is 2. The average Bonchev–Trinajstić information content (AvgIpc) is 2.83. The Morgan fingerprint density at radius 3 is 2.81 bits per heavy atom. The number of amides is 2. The molecule has 0 radical (unpaired) electrons. The number of carboxylic acid groups (broad SMARTS) is 1. The minimum absolute atomic E-state index is 0.0135. The fraction of sp³-hybridized carbons (Fsp3) is 0.429. The summed E-state index contributed by atoms with van der Waals surface area (Å²) >= 11 is 0. The molecule has 2 amide bonds. The summed E-state index contributed by atoms with van der Waals surface area (Å²) in [6.07, 6.45) is 0.953. The molecule has 2 N–H and O–H groups in total. The van der Waals surface area contributed by atoms with Crippen LogP contribution >= 0.6 is 0 Å². The molecule has 114 valence electrons. The van der Waals surface area contributed by atoms with Gasteiger partial charge >= 0.3 is 12.0 Å². The molecule has 1 unspecified atom stereocenters. The van der Waals surface area contributed by atoms with Crippen LogP contribution in [0.15, 0.2) is 18.2 Å². The molecule has 7 heteroatoms. The molecule has 1 saturated heterocycles. The number of nitrogens with one attached hydrogen (secondary N) is 1. The third-order valence-electron chi connectivity index (χ3n) is 3.78. The first kappa shape index (κ1) is 15.2. The van der Waals surface area contributed by atoms with Crippen LogP contribution in [-0.4, -0.2) is 34.1 Å². The molecule has 0 aromatic heterocycles. The number of carbonyl (C=O) groups is 2. The van der Waals surface area contributed by atoms with E-state index in [1.54, 1.807) is 0 Å². The molecule has 0 spiro atoms. The van der Waals surface area contributed by atoms with Crippen LogP contribution in [0.1, 0.15) is 25.3 Å². The predicted octanol–water partition coefficient (Wildman–Crippen LogP) is 2.11. The molecule has 1 heterocycles. The van der Waals surface area contributed by atoms with E-state index in [1.807, 2.05) is 0 Å². The Morgan fingerprint density at radius 2 is 2.14 bits per heavy atom. The minimum Gasteiger partial charge on any atom is -0.480 e. The highest BCUT2D eigenvalue weighted by atomic mass is 19.1. The standard InChI is InChI=1S/C14H16F2N2O3/c1-14(12(19)20)5-2-6-18(14)13(21)17-8-9-7-10(15)3-4-11(9)16/h3-4,7H,2,5-6,8H2,1H3,(H,17,21)(H,19,20). The van der Waals surface area contributed by atoms with Gasteiger partial charge in [0.1, 0.15) is 17.2 Å². The first-order valence-electron chi connectivity index (χ1n) is 6.57. The number of benzene rings is 1. The third kappa shape index (κ3) is 2.96. The number of likely N-dealkylation sites (tertiary alicyclic amines) is 1. The van der Waals surface area contributed by atoms with Gasteiger partial charge in [0.15, 0.2) is 0 Å². The van der Waals surface area contributed by atoms with Gasteiger partial charge in [-0.3, -0.25) is 0 Å². The van der Waals surface area contributed by atoms with Crippen molar-refractivity contribution in [3.05, 3.63) is 35.4 Å². The van der Waals surface area contributed by atoms with E-state index in [0.717, 1.165) is 18.2 Å². The van der Waals surface area contributed by atoms with Crippen molar-refractivity contribution < 1.29 is 23.5 Å². The van der Waals surface area contributed by atoms with Crippen LogP contribution in [0.25, 0.3) is 0 Å². The second-order valence-electron chi connectivity index (χ2n) is 5.23. The molecule has 1 aromatic rings. The van der Waals surface area contributed by atoms with Gasteiger partial charge in [0, 0.05) is 18.7 Å². The quantitative estimate of drug-likeness (QED) is 0.898. The van der Waals surface area contributed by atoms with Crippen molar-refractivity contribution in [1.29, 1.82) is 0 Å². The lowest BCUT2D eigenvalue weighted by Gasteiger charge is -2.31. The monoisotopic (exact) mass is 298 g/mol. The zero-order valence-corrected chi connectivity index (χ0v) is 11.5. The topological polar surface area (TPSA) is 69.6 Å². The van der Waals surface area contributed by atoms with Gasteiger partial charge in [-0.05, 0) is 38.0 Å². The Morgan fingerprint density at radius 1 is 1.43 bits per heavy atom. The van der Waals surface area contributed by atoms with Crippen LogP contribution in [0, 0.1) is 11.6 Å². The average molecular weight is 298 g/mol. The molecular weight excluding hydrogens is 282 g/mol. The van der Waals surface area contributed by atoms with Crippen molar-refractivity contribution in [2.45, 2.75) is 31.8 Å². The van der Waals surface area contributed by atoms with Crippen molar-refractivity contribution >= 4 is 12.0 Å². The van der Waals surface area contributed by atoms with Gasteiger partial charge in [-0.25, -0.2) is 18.4 Å². The highest BCUT2D eigenvalue weighted by Gasteiger charge is 2.45. The van der Waals surface area contributed by atoms with E-state index < -0.39 is 29.2 Å². The van der Waals surface area contributed by atoms with E-state index in [1.165, 1.54) is 11.8 Å². The number of halogens is 2. The van der Waals surface area contributed by atoms with E-state index in [4.69, 9.17) is 0 Å². The van der Waals surface area contributed by atoms with Gasteiger partial charge in [0.05, 0.1) is 0 Å². The highest BCUT2D eigenvalue weighted by Crippen LogP contribution is 2.29. The maximum Gasteiger partial charge on any atom is 0.329 e. The molecule has 1 aliphatic heterocycles. The SMILES string of the molecule is CC1(C(=O)O)CCCN1C(=O)NCc1cc(F)ccc1F. The molecule has 2 rings (SSSR count). The highest BCUT2D eigenvalue weighted by molar-refractivity contribution is 5.86. The number of hydrogen-bond donors (Lipinski definition) is 2. The number of rotatable bonds is 3. The molecule has 0 aliphatic carbocycles. The van der Waals surface area contributed by atoms with Crippen LogP contribution in [0.3, 0.4) is 0 Å². The van der Waals surface area contributed by atoms with Crippen LogP contribution in [-0.2, 0) is 11.3 Å². The lowest BCUT2D eigenvalue weighted by molar-refractivity contribution is -0.147. The molecular formula is C14H16F2N2O3. The predicted molar refractivity (Wildman–Crippen MR) is 70.6 cm³/mol. The Balaban J connectivity index is 2.05. The number of carboxylic acids is 1. The summed E-state index contributed by atoms with van der Waals surface area (Å²) in [7, 11) is 0. The smallest absolute Gasteiger partial charge is 0.329 e. The minimum atomic E-state index is -1.26. The van der Waals surface area contributed by atoms with Crippen LogP contribution in [0.2, 0.25) is 0 Å². The normalized spacial score (nSPS) is 21.4. The molecule has 1 aliphatic rings. The van der Waals surface area contributed by atoms with Crippen LogP contribution in [0.5, 0.6) is 0 Å². The molecule has 21 heavy (non-hydrogen) atoms. The summed E-state index contributed by atoms with van der Waals surface area (Å²) in [5, 5.41) is 11.7. The summed E-state index contributed by atoms with van der Waals surface area (Å²) < 4.78 is 26.5. The molecule has 1 atom stereocenters. The lowest BCUT2D eigenvalue weighted by atomic mass is 10.00. The van der Waals surface area contributed by atoms with Gasteiger partial charge in [-0.15, -0.1) is 0 Å². The van der Waals surface area contributed by atoms with Crippen LogP contribution in [0.4, 0.5) is 13.6 Å². The van der Waals surface area contributed by atoms with Gasteiger partial charge < -0.3 is 15.3 Å². The van der Waals surface area contributed by atoms with Gasteiger partial charge in [-0.2, -0.15) is 0 Å². The molecule has 0 bridgehead atoms. The van der Waals surface area contributed by atoms with E-state index in [0.29, 0.717) is 19.4 Å². The van der Waals surface area contributed by atoms with Crippen molar-refractivity contribution in [1.82, 2.24) is 10.2 Å². The van der Waals surface area contributed by atoms with E-state index >= 15 is 0 Å². The second-order valence-corrected chi connectivity index (χ2v) is 5.23. The second kappa shape index (κ2) is 5.67. The summed E-state index contributed by atoms with van der Waals surface area (Å²) in [6, 6.07) is 2.37. The number of nitrogens with zero attached hydrogens (tertiary/aromatic N) is 1. The zero-order valence-electron chi connectivity index (χ0n) is 11.5. The molecule has 1 fully saturated rings. The lowest BCUT2D eigenvalue weighted by Crippen LogP contribution is -2.53. The first-order valence-corrected chi connectivity index (χ1v) is 6.57. The fourth-order valence-corrected chi connectivity index (χ4v) is 2.46. The Kier molecular flexibility index (Phi) is 4.11. The molecule has 1 aromatic carbocycles. The Bertz CT molecular complexity index is 579.